The highest BCUT2D eigenvalue weighted by Crippen LogP contribution is 2.27. The van der Waals surface area contributed by atoms with E-state index >= 15 is 0 Å². The molecule has 8 heteroatoms. The number of halogens is 1. The normalized spacial score (nSPS) is 11.5. The van der Waals surface area contributed by atoms with Crippen LogP contribution in [-0.2, 0) is 14.6 Å². The van der Waals surface area contributed by atoms with Gasteiger partial charge in [-0.3, -0.25) is 4.79 Å². The number of carbonyl (C=O) groups excluding carboxylic acids is 1. The molecule has 0 aliphatic heterocycles. The molecule has 0 bridgehead atoms. The molecule has 0 aliphatic rings. The van der Waals surface area contributed by atoms with Gasteiger partial charge >= 0.3 is 0 Å². The number of carbonyl (C=O) groups is 1. The van der Waals surface area contributed by atoms with Crippen molar-refractivity contribution in [2.24, 2.45) is 0 Å². The fraction of sp³-hybridized carbons (Fsp3) is 0.500. The smallest absolute Gasteiger partial charge is 0.221 e. The van der Waals surface area contributed by atoms with Crippen molar-refractivity contribution in [2.75, 3.05) is 40.0 Å². The summed E-state index contributed by atoms with van der Waals surface area (Å²) in [6.45, 7) is 1.19. The van der Waals surface area contributed by atoms with Crippen LogP contribution < -0.4 is 10.1 Å². The van der Waals surface area contributed by atoms with Gasteiger partial charge in [0.1, 0.15) is 5.75 Å². The number of benzene rings is 1. The van der Waals surface area contributed by atoms with E-state index in [1.807, 2.05) is 19.0 Å². The number of hydrogen-bond donors (Lipinski definition) is 1. The van der Waals surface area contributed by atoms with Gasteiger partial charge in [0.05, 0.1) is 22.8 Å². The van der Waals surface area contributed by atoms with Crippen molar-refractivity contribution in [1.29, 1.82) is 0 Å². The van der Waals surface area contributed by atoms with Crippen molar-refractivity contribution in [3.8, 4) is 5.75 Å². The minimum Gasteiger partial charge on any atom is -0.495 e. The number of nitrogens with zero attached hydrogens (tertiary/aromatic N) is 1. The molecule has 1 aromatic carbocycles. The Kier molecular flexibility index (Phi) is 7.12. The first-order chi connectivity index (χ1) is 10.3. The Morgan fingerprint density at radius 2 is 2.05 bits per heavy atom. The van der Waals surface area contributed by atoms with E-state index in [-0.39, 0.29) is 28.0 Å². The number of rotatable bonds is 8. The highest BCUT2D eigenvalue weighted by Gasteiger charge is 2.18. The predicted octanol–water partition coefficient (Wildman–Crippen LogP) is 1.19. The maximum absolute atomic E-state index is 12.2. The van der Waals surface area contributed by atoms with Gasteiger partial charge in [-0.25, -0.2) is 8.42 Å². The monoisotopic (exact) mass is 348 g/mol. The molecule has 0 saturated carbocycles. The highest BCUT2D eigenvalue weighted by atomic mass is 35.5. The lowest BCUT2D eigenvalue weighted by Crippen LogP contribution is -2.32. The Morgan fingerprint density at radius 1 is 1.36 bits per heavy atom. The lowest BCUT2D eigenvalue weighted by molar-refractivity contribution is -0.120. The number of sulfone groups is 1. The Morgan fingerprint density at radius 3 is 2.59 bits per heavy atom. The third-order valence-electron chi connectivity index (χ3n) is 2.96. The fourth-order valence-electron chi connectivity index (χ4n) is 1.69. The molecule has 1 rings (SSSR count). The van der Waals surface area contributed by atoms with Gasteiger partial charge in [-0.1, -0.05) is 11.6 Å². The van der Waals surface area contributed by atoms with Crippen LogP contribution in [0.4, 0.5) is 0 Å². The number of amides is 1. The summed E-state index contributed by atoms with van der Waals surface area (Å²) >= 11 is 5.92. The van der Waals surface area contributed by atoms with E-state index in [1.54, 1.807) is 0 Å². The van der Waals surface area contributed by atoms with Crippen LogP contribution in [0.25, 0.3) is 0 Å². The van der Waals surface area contributed by atoms with Gasteiger partial charge in [0, 0.05) is 19.5 Å². The van der Waals surface area contributed by atoms with Gasteiger partial charge in [-0.15, -0.1) is 0 Å². The molecule has 0 atom stereocenters. The molecule has 0 spiro atoms. The second-order valence-electron chi connectivity index (χ2n) is 5.02. The third kappa shape index (κ3) is 5.82. The lowest BCUT2D eigenvalue weighted by Gasteiger charge is -2.11. The Balaban J connectivity index is 2.60. The number of hydrogen-bond acceptors (Lipinski definition) is 5. The molecule has 0 unspecified atom stereocenters. The van der Waals surface area contributed by atoms with Crippen molar-refractivity contribution in [3.63, 3.8) is 0 Å². The van der Waals surface area contributed by atoms with E-state index in [1.165, 1.54) is 25.3 Å². The standard InChI is InChI=1S/C14H21ClN2O4S/c1-17(2)8-7-16-14(18)6-9-22(19,20)11-4-5-13(21-3)12(15)10-11/h4-5,10H,6-9H2,1-3H3,(H,16,18). The maximum Gasteiger partial charge on any atom is 0.221 e. The Labute approximate surface area is 136 Å². The van der Waals surface area contributed by atoms with E-state index in [9.17, 15) is 13.2 Å². The van der Waals surface area contributed by atoms with Crippen LogP contribution in [0.5, 0.6) is 5.75 Å². The first-order valence-corrected chi connectivity index (χ1v) is 8.77. The molecule has 0 radical (unpaired) electrons. The molecule has 22 heavy (non-hydrogen) atoms. The molecular weight excluding hydrogens is 328 g/mol. The molecule has 6 nitrogen and oxygen atoms in total. The average Bonchev–Trinajstić information content (AvgIpc) is 2.44. The van der Waals surface area contributed by atoms with Gasteiger partial charge < -0.3 is 15.0 Å². The van der Waals surface area contributed by atoms with Crippen molar-refractivity contribution in [3.05, 3.63) is 23.2 Å². The summed E-state index contributed by atoms with van der Waals surface area (Å²) in [5.41, 5.74) is 0. The molecule has 0 aliphatic carbocycles. The first kappa shape index (κ1) is 18.7. The van der Waals surface area contributed by atoms with Crippen molar-refractivity contribution >= 4 is 27.3 Å². The van der Waals surface area contributed by atoms with E-state index in [4.69, 9.17) is 16.3 Å². The van der Waals surface area contributed by atoms with Crippen LogP contribution in [0, 0.1) is 0 Å². The van der Waals surface area contributed by atoms with Crippen molar-refractivity contribution in [1.82, 2.24) is 10.2 Å². The molecular formula is C14H21ClN2O4S. The second-order valence-corrected chi connectivity index (χ2v) is 7.53. The first-order valence-electron chi connectivity index (χ1n) is 6.74. The molecule has 1 N–H and O–H groups in total. The topological polar surface area (TPSA) is 75.7 Å². The zero-order chi connectivity index (χ0) is 16.8. The Hall–Kier alpha value is -1.31. The molecule has 1 aromatic rings. The van der Waals surface area contributed by atoms with Crippen LogP contribution in [0.2, 0.25) is 5.02 Å². The minimum absolute atomic E-state index is 0.0828. The van der Waals surface area contributed by atoms with Gasteiger partial charge in [0.25, 0.3) is 0 Å². The highest BCUT2D eigenvalue weighted by molar-refractivity contribution is 7.91. The lowest BCUT2D eigenvalue weighted by atomic mass is 10.3. The van der Waals surface area contributed by atoms with Gasteiger partial charge in [0.15, 0.2) is 9.84 Å². The van der Waals surface area contributed by atoms with E-state index in [0.29, 0.717) is 18.8 Å². The summed E-state index contributed by atoms with van der Waals surface area (Å²) in [6, 6.07) is 4.25. The quantitative estimate of drug-likeness (QED) is 0.763. The number of nitrogens with one attached hydrogen (secondary N) is 1. The molecule has 0 heterocycles. The van der Waals surface area contributed by atoms with Gasteiger partial charge in [-0.05, 0) is 32.3 Å². The van der Waals surface area contributed by atoms with Crippen molar-refractivity contribution < 1.29 is 17.9 Å². The van der Waals surface area contributed by atoms with Crippen LogP contribution in [0.3, 0.4) is 0 Å². The summed E-state index contributed by atoms with van der Waals surface area (Å²) < 4.78 is 29.3. The third-order valence-corrected chi connectivity index (χ3v) is 4.97. The zero-order valence-electron chi connectivity index (χ0n) is 12.9. The fourth-order valence-corrected chi connectivity index (χ4v) is 3.28. The van der Waals surface area contributed by atoms with Crippen LogP contribution in [-0.4, -0.2) is 59.3 Å². The minimum atomic E-state index is -3.56. The summed E-state index contributed by atoms with van der Waals surface area (Å²) in [5.74, 6) is -0.143. The zero-order valence-corrected chi connectivity index (χ0v) is 14.5. The predicted molar refractivity (Wildman–Crippen MR) is 86.2 cm³/mol. The van der Waals surface area contributed by atoms with Crippen molar-refractivity contribution in [2.45, 2.75) is 11.3 Å². The maximum atomic E-state index is 12.2. The van der Waals surface area contributed by atoms with E-state index < -0.39 is 9.84 Å². The second kappa shape index (κ2) is 8.36. The average molecular weight is 349 g/mol. The summed E-state index contributed by atoms with van der Waals surface area (Å²) in [7, 11) is 1.68. The molecule has 0 saturated heterocycles. The molecule has 0 aromatic heterocycles. The number of likely N-dealkylation sites (N-methyl/N-ethyl adjacent to an activating group) is 1. The largest absolute Gasteiger partial charge is 0.495 e. The van der Waals surface area contributed by atoms with Crippen LogP contribution in [0.15, 0.2) is 23.1 Å². The number of methoxy groups -OCH3 is 1. The summed E-state index contributed by atoms with van der Waals surface area (Å²) in [5, 5.41) is 2.90. The molecule has 0 fully saturated rings. The number of ether oxygens (including phenoxy) is 1. The SMILES string of the molecule is COc1ccc(S(=O)(=O)CCC(=O)NCCN(C)C)cc1Cl. The Bertz CT molecular complexity index is 617. The summed E-state index contributed by atoms with van der Waals surface area (Å²) in [6.07, 6.45) is -0.0839. The van der Waals surface area contributed by atoms with Crippen LogP contribution >= 0.6 is 11.6 Å². The van der Waals surface area contributed by atoms with E-state index in [0.717, 1.165) is 0 Å². The molecule has 124 valence electrons. The van der Waals surface area contributed by atoms with Crippen LogP contribution in [0.1, 0.15) is 6.42 Å². The van der Waals surface area contributed by atoms with E-state index in [2.05, 4.69) is 5.32 Å². The van der Waals surface area contributed by atoms with Gasteiger partial charge in [-0.2, -0.15) is 0 Å². The summed E-state index contributed by atoms with van der Waals surface area (Å²) in [4.78, 5) is 13.6. The molecule has 1 amide bonds. The van der Waals surface area contributed by atoms with Gasteiger partial charge in [0.2, 0.25) is 5.91 Å².